The van der Waals surface area contributed by atoms with Crippen molar-refractivity contribution < 1.29 is 4.79 Å². The molecule has 31 heavy (non-hydrogen) atoms. The molecule has 3 heterocycles. The summed E-state index contributed by atoms with van der Waals surface area (Å²) in [5.74, 6) is 0.421. The normalized spacial score (nSPS) is 20.4. The molecule has 2 aliphatic rings. The van der Waals surface area contributed by atoms with Crippen LogP contribution in [0.15, 0.2) is 48.5 Å². The number of thiazole rings is 1. The molecule has 3 aromatic rings. The molecule has 0 N–H and O–H groups in total. The number of aryl methyl sites for hydroxylation is 1. The lowest BCUT2D eigenvalue weighted by atomic mass is 9.96. The van der Waals surface area contributed by atoms with Crippen LogP contribution in [0.5, 0.6) is 0 Å². The predicted octanol–water partition coefficient (Wildman–Crippen LogP) is 4.17. The van der Waals surface area contributed by atoms with Gasteiger partial charge in [-0.1, -0.05) is 47.7 Å². The number of aromatic nitrogens is 1. The van der Waals surface area contributed by atoms with Gasteiger partial charge in [-0.05, 0) is 43.0 Å². The summed E-state index contributed by atoms with van der Waals surface area (Å²) in [4.78, 5) is 25.0. The number of piperazine rings is 1. The van der Waals surface area contributed by atoms with E-state index in [2.05, 4.69) is 70.2 Å². The molecule has 5 rings (SSSR count). The van der Waals surface area contributed by atoms with Gasteiger partial charge in [0, 0.05) is 45.8 Å². The number of hydrogen-bond donors (Lipinski definition) is 0. The molecule has 1 unspecified atom stereocenters. The number of anilines is 1. The molecule has 0 spiro atoms. The molecular weight excluding hydrogens is 404 g/mol. The minimum Gasteiger partial charge on any atom is -0.347 e. The van der Waals surface area contributed by atoms with Gasteiger partial charge >= 0.3 is 0 Å². The second kappa shape index (κ2) is 8.97. The summed E-state index contributed by atoms with van der Waals surface area (Å²) in [6, 6.07) is 17.0. The number of rotatable bonds is 4. The van der Waals surface area contributed by atoms with Gasteiger partial charge in [0.15, 0.2) is 5.13 Å². The van der Waals surface area contributed by atoms with E-state index in [1.54, 1.807) is 11.3 Å². The Balaban J connectivity index is 1.19. The van der Waals surface area contributed by atoms with E-state index in [0.717, 1.165) is 69.3 Å². The third-order valence-electron chi connectivity index (χ3n) is 6.51. The number of fused-ring (bicyclic) bond motifs is 1. The maximum atomic E-state index is 13.3. The van der Waals surface area contributed by atoms with E-state index in [1.807, 2.05) is 0 Å². The minimum atomic E-state index is 0.0863. The number of nitrogens with zero attached hydrogens (tertiary/aromatic N) is 4. The lowest BCUT2D eigenvalue weighted by Gasteiger charge is -2.39. The number of carbonyl (C=O) groups is 1. The summed E-state index contributed by atoms with van der Waals surface area (Å²) < 4.78 is 1.23. The van der Waals surface area contributed by atoms with E-state index in [4.69, 9.17) is 4.98 Å². The van der Waals surface area contributed by atoms with Crippen molar-refractivity contribution >= 4 is 32.6 Å². The molecule has 2 aliphatic heterocycles. The van der Waals surface area contributed by atoms with Crippen LogP contribution in [0.4, 0.5) is 5.13 Å². The quantitative estimate of drug-likeness (QED) is 0.618. The molecule has 5 nitrogen and oxygen atoms in total. The fraction of sp³-hybridized carbons (Fsp3) is 0.440. The van der Waals surface area contributed by atoms with Crippen LogP contribution < -0.4 is 4.90 Å². The van der Waals surface area contributed by atoms with Crippen molar-refractivity contribution in [3.8, 4) is 0 Å². The SMILES string of the molecule is Cc1ccc2nc(N3CCCC(C(=O)N4CCN(Cc5ccccc5)CC4)C3)sc2c1. The molecule has 0 saturated carbocycles. The van der Waals surface area contributed by atoms with Gasteiger partial charge < -0.3 is 9.80 Å². The molecule has 1 atom stereocenters. The summed E-state index contributed by atoms with van der Waals surface area (Å²) in [6.07, 6.45) is 2.04. The Morgan fingerprint density at radius 1 is 1.06 bits per heavy atom. The Labute approximate surface area is 188 Å². The molecule has 2 aromatic carbocycles. The summed E-state index contributed by atoms with van der Waals surface area (Å²) in [6.45, 7) is 8.45. The van der Waals surface area contributed by atoms with Crippen LogP contribution in [0.1, 0.15) is 24.0 Å². The van der Waals surface area contributed by atoms with E-state index < -0.39 is 0 Å². The lowest BCUT2D eigenvalue weighted by molar-refractivity contribution is -0.137. The second-order valence-electron chi connectivity index (χ2n) is 8.84. The minimum absolute atomic E-state index is 0.0863. The van der Waals surface area contributed by atoms with Gasteiger partial charge in [0.2, 0.25) is 5.91 Å². The van der Waals surface area contributed by atoms with Crippen LogP contribution in [0.2, 0.25) is 0 Å². The number of amides is 1. The summed E-state index contributed by atoms with van der Waals surface area (Å²) in [5, 5.41) is 1.06. The monoisotopic (exact) mass is 434 g/mol. The van der Waals surface area contributed by atoms with Crippen molar-refractivity contribution in [2.75, 3.05) is 44.2 Å². The summed E-state index contributed by atoms with van der Waals surface area (Å²) >= 11 is 1.75. The fourth-order valence-corrected chi connectivity index (χ4v) is 5.83. The smallest absolute Gasteiger partial charge is 0.227 e. The third-order valence-corrected chi connectivity index (χ3v) is 7.59. The fourth-order valence-electron chi connectivity index (χ4n) is 4.73. The Kier molecular flexibility index (Phi) is 5.92. The Morgan fingerprint density at radius 3 is 2.68 bits per heavy atom. The summed E-state index contributed by atoms with van der Waals surface area (Å²) in [7, 11) is 0. The van der Waals surface area contributed by atoms with Gasteiger partial charge in [0.25, 0.3) is 0 Å². The van der Waals surface area contributed by atoms with Gasteiger partial charge in [0.05, 0.1) is 16.1 Å². The first-order valence-corrected chi connectivity index (χ1v) is 12.1. The van der Waals surface area contributed by atoms with E-state index >= 15 is 0 Å². The highest BCUT2D eigenvalue weighted by molar-refractivity contribution is 7.22. The van der Waals surface area contributed by atoms with Crippen LogP contribution in [0.3, 0.4) is 0 Å². The van der Waals surface area contributed by atoms with E-state index in [1.165, 1.54) is 15.8 Å². The molecule has 162 valence electrons. The second-order valence-corrected chi connectivity index (χ2v) is 9.85. The first-order chi connectivity index (χ1) is 15.2. The molecular formula is C25H30N4OS. The van der Waals surface area contributed by atoms with E-state index in [9.17, 15) is 4.79 Å². The largest absolute Gasteiger partial charge is 0.347 e. The van der Waals surface area contributed by atoms with E-state index in [0.29, 0.717) is 5.91 Å². The van der Waals surface area contributed by atoms with Crippen LogP contribution in [0.25, 0.3) is 10.2 Å². The molecule has 2 saturated heterocycles. The molecule has 0 radical (unpaired) electrons. The summed E-state index contributed by atoms with van der Waals surface area (Å²) in [5.41, 5.74) is 3.67. The van der Waals surface area contributed by atoms with Crippen molar-refractivity contribution in [3.05, 3.63) is 59.7 Å². The standard InChI is InChI=1S/C25H30N4OS/c1-19-9-10-22-23(16-19)31-25(26-22)29-11-5-8-21(18-29)24(30)28-14-12-27(13-15-28)17-20-6-3-2-4-7-20/h2-4,6-7,9-10,16,21H,5,8,11-15,17-18H2,1H3. The Bertz CT molecular complexity index is 1040. The third kappa shape index (κ3) is 4.60. The number of benzene rings is 2. The van der Waals surface area contributed by atoms with Gasteiger partial charge in [-0.15, -0.1) is 0 Å². The maximum absolute atomic E-state index is 13.3. The molecule has 1 amide bonds. The van der Waals surface area contributed by atoms with Gasteiger partial charge in [-0.2, -0.15) is 0 Å². The van der Waals surface area contributed by atoms with E-state index in [-0.39, 0.29) is 5.92 Å². The van der Waals surface area contributed by atoms with Crippen LogP contribution in [0, 0.1) is 12.8 Å². The zero-order valence-corrected chi connectivity index (χ0v) is 19.0. The highest BCUT2D eigenvalue weighted by Crippen LogP contribution is 2.32. The predicted molar refractivity (Wildman–Crippen MR) is 128 cm³/mol. The molecule has 0 aliphatic carbocycles. The zero-order chi connectivity index (χ0) is 21.2. The van der Waals surface area contributed by atoms with Crippen molar-refractivity contribution in [2.24, 2.45) is 5.92 Å². The van der Waals surface area contributed by atoms with Crippen molar-refractivity contribution in [1.29, 1.82) is 0 Å². The highest BCUT2D eigenvalue weighted by Gasteiger charge is 2.32. The highest BCUT2D eigenvalue weighted by atomic mass is 32.1. The number of carbonyl (C=O) groups excluding carboxylic acids is 1. The Morgan fingerprint density at radius 2 is 1.87 bits per heavy atom. The average molecular weight is 435 g/mol. The lowest BCUT2D eigenvalue weighted by Crippen LogP contribution is -2.52. The van der Waals surface area contributed by atoms with Crippen molar-refractivity contribution in [3.63, 3.8) is 0 Å². The van der Waals surface area contributed by atoms with Crippen molar-refractivity contribution in [1.82, 2.24) is 14.8 Å². The van der Waals surface area contributed by atoms with Gasteiger partial charge in [-0.3, -0.25) is 9.69 Å². The average Bonchev–Trinajstić information content (AvgIpc) is 3.23. The molecule has 6 heteroatoms. The van der Waals surface area contributed by atoms with Gasteiger partial charge in [-0.25, -0.2) is 4.98 Å². The molecule has 0 bridgehead atoms. The zero-order valence-electron chi connectivity index (χ0n) is 18.2. The first-order valence-electron chi connectivity index (χ1n) is 11.3. The van der Waals surface area contributed by atoms with Crippen LogP contribution >= 0.6 is 11.3 Å². The topological polar surface area (TPSA) is 39.7 Å². The first kappa shape index (κ1) is 20.5. The molecule has 1 aromatic heterocycles. The number of hydrogen-bond acceptors (Lipinski definition) is 5. The molecule has 2 fully saturated rings. The van der Waals surface area contributed by atoms with Crippen LogP contribution in [-0.4, -0.2) is 60.0 Å². The Hall–Kier alpha value is -2.44. The van der Waals surface area contributed by atoms with Crippen LogP contribution in [-0.2, 0) is 11.3 Å². The van der Waals surface area contributed by atoms with Crippen molar-refractivity contribution in [2.45, 2.75) is 26.3 Å². The maximum Gasteiger partial charge on any atom is 0.227 e. The number of piperidine rings is 1. The van der Waals surface area contributed by atoms with Gasteiger partial charge in [0.1, 0.15) is 0 Å².